The predicted octanol–water partition coefficient (Wildman–Crippen LogP) is 1.98. The van der Waals surface area contributed by atoms with E-state index >= 15 is 0 Å². The van der Waals surface area contributed by atoms with E-state index < -0.39 is 0 Å². The van der Waals surface area contributed by atoms with Gasteiger partial charge in [0.25, 0.3) is 0 Å². The molecule has 7 nitrogen and oxygen atoms in total. The summed E-state index contributed by atoms with van der Waals surface area (Å²) in [4.78, 5) is 18.7. The molecule has 0 unspecified atom stereocenters. The Kier molecular flexibility index (Phi) is 5.78. The highest BCUT2D eigenvalue weighted by atomic mass is 16.5. The number of benzene rings is 1. The number of methoxy groups -OCH3 is 1. The van der Waals surface area contributed by atoms with Gasteiger partial charge in [-0.2, -0.15) is 4.98 Å². The maximum Gasteiger partial charge on any atom is 0.234 e. The Morgan fingerprint density at radius 3 is 3.04 bits per heavy atom. The topological polar surface area (TPSA) is 80.5 Å². The summed E-state index contributed by atoms with van der Waals surface area (Å²) in [6, 6.07) is 8.10. The molecule has 1 atom stereocenters. The Labute approximate surface area is 147 Å². The van der Waals surface area contributed by atoms with E-state index in [4.69, 9.17) is 9.26 Å². The lowest BCUT2D eigenvalue weighted by atomic mass is 10.1. The number of nitrogens with one attached hydrogen (secondary N) is 1. The first kappa shape index (κ1) is 17.6. The molecule has 0 aliphatic carbocycles. The van der Waals surface area contributed by atoms with E-state index in [1.54, 1.807) is 14.0 Å². The number of carbonyl (C=O) groups is 1. The highest BCUT2D eigenvalue weighted by molar-refractivity contribution is 5.78. The molecule has 1 saturated heterocycles. The molecular weight excluding hydrogens is 320 g/mol. The van der Waals surface area contributed by atoms with E-state index in [-0.39, 0.29) is 11.9 Å². The molecule has 1 fully saturated rings. The van der Waals surface area contributed by atoms with Crippen LogP contribution in [0.4, 0.5) is 0 Å². The van der Waals surface area contributed by atoms with Gasteiger partial charge < -0.3 is 14.6 Å². The van der Waals surface area contributed by atoms with Crippen molar-refractivity contribution < 1.29 is 14.1 Å². The SMILES string of the molecule is COCc1cccc(CNC(=O)CN2CCC[C@H]2c2noc(C)n2)c1. The molecule has 7 heteroatoms. The number of aryl methyl sites for hydroxylation is 1. The first-order valence-electron chi connectivity index (χ1n) is 8.53. The van der Waals surface area contributed by atoms with Crippen molar-refractivity contribution in [1.82, 2.24) is 20.4 Å². The highest BCUT2D eigenvalue weighted by Gasteiger charge is 2.30. The van der Waals surface area contributed by atoms with E-state index in [1.165, 1.54) is 0 Å². The standard InChI is InChI=1S/C18H24N4O3/c1-13-20-18(21-25-13)16-7-4-8-22(16)11-17(23)19-10-14-5-3-6-15(9-14)12-24-2/h3,5-6,9,16H,4,7-8,10-12H2,1-2H3,(H,19,23)/t16-/m0/s1. The van der Waals surface area contributed by atoms with Crippen molar-refractivity contribution in [2.24, 2.45) is 0 Å². The molecule has 1 aliphatic heterocycles. The van der Waals surface area contributed by atoms with Crippen LogP contribution in [-0.2, 0) is 22.7 Å². The van der Waals surface area contributed by atoms with Crippen LogP contribution in [-0.4, -0.2) is 41.1 Å². The predicted molar refractivity (Wildman–Crippen MR) is 91.6 cm³/mol. The Morgan fingerprint density at radius 1 is 1.44 bits per heavy atom. The Hall–Kier alpha value is -2.25. The summed E-state index contributed by atoms with van der Waals surface area (Å²) < 4.78 is 10.2. The third-order valence-corrected chi connectivity index (χ3v) is 4.34. The average molecular weight is 344 g/mol. The van der Waals surface area contributed by atoms with Crippen LogP contribution < -0.4 is 5.32 Å². The molecule has 0 saturated carbocycles. The Morgan fingerprint density at radius 2 is 2.28 bits per heavy atom. The molecule has 1 aliphatic rings. The number of ether oxygens (including phenoxy) is 1. The van der Waals surface area contributed by atoms with Gasteiger partial charge in [0, 0.05) is 20.6 Å². The van der Waals surface area contributed by atoms with Gasteiger partial charge in [-0.15, -0.1) is 0 Å². The molecule has 3 rings (SSSR count). The normalized spacial score (nSPS) is 17.8. The number of rotatable bonds is 7. The van der Waals surface area contributed by atoms with Crippen LogP contribution in [0.15, 0.2) is 28.8 Å². The molecule has 134 valence electrons. The van der Waals surface area contributed by atoms with Gasteiger partial charge >= 0.3 is 0 Å². The fourth-order valence-electron chi connectivity index (χ4n) is 3.20. The van der Waals surface area contributed by atoms with E-state index in [9.17, 15) is 4.79 Å². The lowest BCUT2D eigenvalue weighted by molar-refractivity contribution is -0.122. The minimum absolute atomic E-state index is 0.00395. The van der Waals surface area contributed by atoms with Gasteiger partial charge in [0.2, 0.25) is 11.8 Å². The zero-order chi connectivity index (χ0) is 17.6. The van der Waals surface area contributed by atoms with Gasteiger partial charge in [-0.3, -0.25) is 9.69 Å². The number of carbonyl (C=O) groups excluding carboxylic acids is 1. The van der Waals surface area contributed by atoms with E-state index in [2.05, 4.69) is 20.4 Å². The maximum absolute atomic E-state index is 12.3. The van der Waals surface area contributed by atoms with E-state index in [0.29, 0.717) is 31.4 Å². The second-order valence-electron chi connectivity index (χ2n) is 6.33. The zero-order valence-electron chi connectivity index (χ0n) is 14.7. The van der Waals surface area contributed by atoms with Gasteiger partial charge in [-0.1, -0.05) is 29.4 Å². The lowest BCUT2D eigenvalue weighted by Crippen LogP contribution is -2.36. The second kappa shape index (κ2) is 8.22. The molecule has 0 spiro atoms. The Bertz CT molecular complexity index is 716. The van der Waals surface area contributed by atoms with Crippen molar-refractivity contribution in [1.29, 1.82) is 0 Å². The number of nitrogens with zero attached hydrogens (tertiary/aromatic N) is 3. The van der Waals surface area contributed by atoms with Crippen LogP contribution in [0.1, 0.15) is 41.7 Å². The fourth-order valence-corrected chi connectivity index (χ4v) is 3.20. The minimum Gasteiger partial charge on any atom is -0.380 e. The molecule has 0 bridgehead atoms. The van der Waals surface area contributed by atoms with Crippen LogP contribution in [0.3, 0.4) is 0 Å². The molecule has 1 N–H and O–H groups in total. The summed E-state index contributed by atoms with van der Waals surface area (Å²) in [5, 5.41) is 6.99. The number of hydrogen-bond acceptors (Lipinski definition) is 6. The molecule has 2 aromatic rings. The van der Waals surface area contributed by atoms with Crippen LogP contribution in [0.5, 0.6) is 0 Å². The zero-order valence-corrected chi connectivity index (χ0v) is 14.7. The monoisotopic (exact) mass is 344 g/mol. The molecular formula is C18H24N4O3. The van der Waals surface area contributed by atoms with Gasteiger partial charge in [0.05, 0.1) is 19.2 Å². The van der Waals surface area contributed by atoms with Crippen LogP contribution in [0, 0.1) is 6.92 Å². The number of amides is 1. The van der Waals surface area contributed by atoms with Crippen molar-refractivity contribution in [3.63, 3.8) is 0 Å². The second-order valence-corrected chi connectivity index (χ2v) is 6.33. The molecule has 25 heavy (non-hydrogen) atoms. The summed E-state index contributed by atoms with van der Waals surface area (Å²) >= 11 is 0. The van der Waals surface area contributed by atoms with Gasteiger partial charge in [-0.05, 0) is 30.5 Å². The summed E-state index contributed by atoms with van der Waals surface area (Å²) in [5.74, 6) is 1.24. The van der Waals surface area contributed by atoms with Gasteiger partial charge in [0.15, 0.2) is 5.82 Å². The molecule has 2 heterocycles. The van der Waals surface area contributed by atoms with Gasteiger partial charge in [0.1, 0.15) is 0 Å². The summed E-state index contributed by atoms with van der Waals surface area (Å²) in [7, 11) is 1.67. The van der Waals surface area contributed by atoms with Crippen molar-refractivity contribution in [3.8, 4) is 0 Å². The summed E-state index contributed by atoms with van der Waals surface area (Å²) in [6.45, 7) is 4.07. The minimum atomic E-state index is 0.00395. The first-order valence-corrected chi connectivity index (χ1v) is 8.53. The quantitative estimate of drug-likeness (QED) is 0.827. The molecule has 1 aromatic carbocycles. The average Bonchev–Trinajstić information content (AvgIpc) is 3.22. The molecule has 0 radical (unpaired) electrons. The van der Waals surface area contributed by atoms with Crippen LogP contribution in [0.25, 0.3) is 0 Å². The van der Waals surface area contributed by atoms with Crippen LogP contribution in [0.2, 0.25) is 0 Å². The number of likely N-dealkylation sites (tertiary alicyclic amines) is 1. The van der Waals surface area contributed by atoms with E-state index in [1.807, 2.05) is 24.3 Å². The number of aromatic nitrogens is 2. The van der Waals surface area contributed by atoms with Crippen LogP contribution >= 0.6 is 0 Å². The van der Waals surface area contributed by atoms with Crippen molar-refractivity contribution in [2.45, 2.75) is 39.0 Å². The van der Waals surface area contributed by atoms with Crippen molar-refractivity contribution in [3.05, 3.63) is 47.1 Å². The third kappa shape index (κ3) is 4.64. The highest BCUT2D eigenvalue weighted by Crippen LogP contribution is 2.29. The molecule has 1 amide bonds. The third-order valence-electron chi connectivity index (χ3n) is 4.34. The maximum atomic E-state index is 12.3. The summed E-state index contributed by atoms with van der Waals surface area (Å²) in [6.07, 6.45) is 1.98. The lowest BCUT2D eigenvalue weighted by Gasteiger charge is -2.21. The number of hydrogen-bond donors (Lipinski definition) is 1. The fraction of sp³-hybridized carbons (Fsp3) is 0.500. The van der Waals surface area contributed by atoms with Crippen molar-refractivity contribution >= 4 is 5.91 Å². The largest absolute Gasteiger partial charge is 0.380 e. The van der Waals surface area contributed by atoms with Gasteiger partial charge in [-0.25, -0.2) is 0 Å². The smallest absolute Gasteiger partial charge is 0.234 e. The van der Waals surface area contributed by atoms with Crippen molar-refractivity contribution in [2.75, 3.05) is 20.2 Å². The van der Waals surface area contributed by atoms with E-state index in [0.717, 1.165) is 30.5 Å². The first-order chi connectivity index (χ1) is 12.2. The summed E-state index contributed by atoms with van der Waals surface area (Å²) in [5.41, 5.74) is 2.16. The Balaban J connectivity index is 1.52. The molecule has 1 aromatic heterocycles.